The molecule has 1 saturated carbocycles. The number of hydrogen-bond donors (Lipinski definition) is 2. The third-order valence-electron chi connectivity index (χ3n) is 7.45. The highest BCUT2D eigenvalue weighted by Gasteiger charge is 2.22. The minimum absolute atomic E-state index is 0.0539. The smallest absolute Gasteiger partial charge is 0.253 e. The summed E-state index contributed by atoms with van der Waals surface area (Å²) < 4.78 is 1.45. The molecule has 0 spiro atoms. The minimum Gasteiger partial charge on any atom is -0.367 e. The zero-order valence-electron chi connectivity index (χ0n) is 21.5. The molecular weight excluding hydrogens is 466 g/mol. The lowest BCUT2D eigenvalue weighted by Gasteiger charge is -2.35. The molecule has 192 valence electrons. The number of terminal acetylenes is 1. The highest BCUT2D eigenvalue weighted by atomic mass is 16.1. The highest BCUT2D eigenvalue weighted by molar-refractivity contribution is 5.95. The van der Waals surface area contributed by atoms with E-state index in [4.69, 9.17) is 6.42 Å². The number of hydrogen-bond acceptors (Lipinski definition) is 7. The van der Waals surface area contributed by atoms with Gasteiger partial charge in [-0.2, -0.15) is 4.98 Å². The van der Waals surface area contributed by atoms with Gasteiger partial charge < -0.3 is 20.4 Å². The molecule has 37 heavy (non-hydrogen) atoms. The van der Waals surface area contributed by atoms with Crippen molar-refractivity contribution in [2.24, 2.45) is 13.0 Å². The van der Waals surface area contributed by atoms with Crippen molar-refractivity contribution < 1.29 is 4.79 Å². The van der Waals surface area contributed by atoms with E-state index in [1.165, 1.54) is 23.5 Å². The van der Waals surface area contributed by atoms with Crippen LogP contribution >= 0.6 is 0 Å². The summed E-state index contributed by atoms with van der Waals surface area (Å²) in [7, 11) is 3.78. The Bertz CT molecular complexity index is 1410. The fourth-order valence-electron chi connectivity index (χ4n) is 5.24. The third-order valence-corrected chi connectivity index (χ3v) is 7.45. The van der Waals surface area contributed by atoms with Gasteiger partial charge in [-0.15, -0.1) is 6.42 Å². The molecule has 0 bridgehead atoms. The van der Waals surface area contributed by atoms with Crippen molar-refractivity contribution in [3.63, 3.8) is 0 Å². The summed E-state index contributed by atoms with van der Waals surface area (Å²) in [5.41, 5.74) is 3.23. The van der Waals surface area contributed by atoms with E-state index in [0.717, 1.165) is 56.1 Å². The van der Waals surface area contributed by atoms with Crippen LogP contribution in [-0.4, -0.2) is 58.6 Å². The number of amides is 1. The average molecular weight is 500 g/mol. The Morgan fingerprint density at radius 1 is 1.14 bits per heavy atom. The number of anilines is 4. The monoisotopic (exact) mass is 499 g/mol. The van der Waals surface area contributed by atoms with Gasteiger partial charge >= 0.3 is 0 Å². The third kappa shape index (κ3) is 5.44. The zero-order valence-corrected chi connectivity index (χ0v) is 21.5. The molecule has 2 aliphatic rings. The second-order valence-corrected chi connectivity index (χ2v) is 10.1. The first-order valence-electron chi connectivity index (χ1n) is 12.9. The van der Waals surface area contributed by atoms with Crippen LogP contribution in [0.2, 0.25) is 0 Å². The second kappa shape index (κ2) is 10.6. The molecule has 9 nitrogen and oxygen atoms in total. The van der Waals surface area contributed by atoms with Gasteiger partial charge in [0.05, 0.1) is 16.8 Å². The molecule has 0 radical (unpaired) electrons. The lowest BCUT2D eigenvalue weighted by atomic mass is 10.0. The first kappa shape index (κ1) is 24.8. The molecule has 0 unspecified atom stereocenters. The molecule has 0 atom stereocenters. The van der Waals surface area contributed by atoms with Crippen LogP contribution in [0.15, 0.2) is 35.3 Å². The van der Waals surface area contributed by atoms with Crippen LogP contribution in [0.3, 0.4) is 0 Å². The Morgan fingerprint density at radius 2 is 1.89 bits per heavy atom. The predicted molar refractivity (Wildman–Crippen MR) is 147 cm³/mol. The molecule has 2 fully saturated rings. The second-order valence-electron chi connectivity index (χ2n) is 10.1. The Balaban J connectivity index is 1.43. The van der Waals surface area contributed by atoms with E-state index in [0.29, 0.717) is 34.9 Å². The molecule has 1 amide bonds. The number of nitrogens with zero attached hydrogens (tertiary/aromatic N) is 5. The minimum atomic E-state index is -0.228. The molecule has 1 aromatic carbocycles. The van der Waals surface area contributed by atoms with Gasteiger partial charge in [-0.3, -0.25) is 14.2 Å². The molecule has 2 aromatic heterocycles. The summed E-state index contributed by atoms with van der Waals surface area (Å²) in [5, 5.41) is 7.07. The maximum absolute atomic E-state index is 13.0. The number of nitrogens with one attached hydrogen (secondary N) is 2. The molecule has 5 rings (SSSR count). The van der Waals surface area contributed by atoms with Gasteiger partial charge in [0.1, 0.15) is 5.65 Å². The summed E-state index contributed by atoms with van der Waals surface area (Å²) in [6.45, 7) is 3.74. The fourth-order valence-corrected chi connectivity index (χ4v) is 5.24. The van der Waals surface area contributed by atoms with Crippen LogP contribution in [0.4, 0.5) is 23.0 Å². The summed E-state index contributed by atoms with van der Waals surface area (Å²) in [5.74, 6) is 3.40. The van der Waals surface area contributed by atoms with Gasteiger partial charge in [0, 0.05) is 63.2 Å². The van der Waals surface area contributed by atoms with E-state index in [9.17, 15) is 9.59 Å². The molecular formula is C28H33N7O2. The number of carbonyl (C=O) groups excluding carboxylic acids is 1. The van der Waals surface area contributed by atoms with E-state index in [-0.39, 0.29) is 11.5 Å². The highest BCUT2D eigenvalue weighted by Crippen LogP contribution is 2.33. The van der Waals surface area contributed by atoms with Crippen molar-refractivity contribution in [3.05, 3.63) is 46.4 Å². The van der Waals surface area contributed by atoms with Crippen LogP contribution in [-0.2, 0) is 11.8 Å². The van der Waals surface area contributed by atoms with Gasteiger partial charge in [0.15, 0.2) is 0 Å². The van der Waals surface area contributed by atoms with Gasteiger partial charge in [0.25, 0.3) is 5.56 Å². The van der Waals surface area contributed by atoms with Gasteiger partial charge in [-0.25, -0.2) is 4.98 Å². The first-order valence-corrected chi connectivity index (χ1v) is 12.9. The molecule has 3 heterocycles. The van der Waals surface area contributed by atoms with Crippen LogP contribution in [0.25, 0.3) is 11.0 Å². The first-order chi connectivity index (χ1) is 17.9. The summed E-state index contributed by atoms with van der Waals surface area (Å²) in [4.78, 5) is 38.9. The number of benzene rings is 1. The Kier molecular flexibility index (Phi) is 7.10. The van der Waals surface area contributed by atoms with E-state index in [2.05, 4.69) is 43.4 Å². The van der Waals surface area contributed by atoms with Crippen molar-refractivity contribution in [2.45, 2.75) is 32.1 Å². The van der Waals surface area contributed by atoms with Crippen molar-refractivity contribution in [1.82, 2.24) is 19.4 Å². The summed E-state index contributed by atoms with van der Waals surface area (Å²) in [6.07, 6.45) is 12.4. The number of pyridine rings is 1. The lowest BCUT2D eigenvalue weighted by molar-refractivity contribution is -0.117. The van der Waals surface area contributed by atoms with Crippen molar-refractivity contribution >= 4 is 40.0 Å². The summed E-state index contributed by atoms with van der Waals surface area (Å²) >= 11 is 0. The van der Waals surface area contributed by atoms with Crippen LogP contribution < -0.4 is 21.1 Å². The quantitative estimate of drug-likeness (QED) is 0.503. The molecule has 3 aromatic rings. The molecule has 1 aliphatic heterocycles. The number of aryl methyl sites for hydroxylation is 1. The predicted octanol–water partition coefficient (Wildman–Crippen LogP) is 3.32. The topological polar surface area (TPSA) is 95.4 Å². The van der Waals surface area contributed by atoms with Gasteiger partial charge in [0.2, 0.25) is 11.9 Å². The van der Waals surface area contributed by atoms with Crippen LogP contribution in [0.1, 0.15) is 37.7 Å². The summed E-state index contributed by atoms with van der Waals surface area (Å²) in [6, 6.07) is 7.35. The standard InChI is InChI=1S/C28H33N7O2/c1-4-20-16-26(37)34(3)27-22(20)18-29-28(32-27)30-21-9-10-24(35-13-11-33(2)12-14-35)23(17-21)31-25(36)15-19-7-5-6-8-19/h1,9-10,16-19H,5-8,11-15H2,2-3H3,(H,31,36)(H,29,30,32). The Labute approximate surface area is 216 Å². The molecule has 1 aliphatic carbocycles. The number of piperazine rings is 1. The normalized spacial score (nSPS) is 16.6. The van der Waals surface area contributed by atoms with Gasteiger partial charge in [-0.1, -0.05) is 18.8 Å². The fraction of sp³-hybridized carbons (Fsp3) is 0.429. The van der Waals surface area contributed by atoms with E-state index >= 15 is 0 Å². The lowest BCUT2D eigenvalue weighted by Crippen LogP contribution is -2.44. The SMILES string of the molecule is C#Cc1cc(=O)n(C)c2nc(Nc3ccc(N4CCN(C)CC4)c(NC(=O)CC4CCCC4)c3)ncc12. The number of likely N-dealkylation sites (N-methyl/N-ethyl adjacent to an activating group) is 1. The van der Waals surface area contributed by atoms with Gasteiger partial charge in [-0.05, 0) is 44.0 Å². The van der Waals surface area contributed by atoms with E-state index in [1.54, 1.807) is 13.2 Å². The Hall–Kier alpha value is -3.90. The van der Waals surface area contributed by atoms with Crippen molar-refractivity contribution in [2.75, 3.05) is 48.8 Å². The van der Waals surface area contributed by atoms with E-state index in [1.807, 2.05) is 18.2 Å². The van der Waals surface area contributed by atoms with E-state index < -0.39 is 0 Å². The Morgan fingerprint density at radius 3 is 2.62 bits per heavy atom. The van der Waals surface area contributed by atoms with Crippen molar-refractivity contribution in [1.29, 1.82) is 0 Å². The van der Waals surface area contributed by atoms with Crippen LogP contribution in [0.5, 0.6) is 0 Å². The zero-order chi connectivity index (χ0) is 25.9. The average Bonchev–Trinajstić information content (AvgIpc) is 3.40. The molecule has 9 heteroatoms. The maximum Gasteiger partial charge on any atom is 0.253 e. The largest absolute Gasteiger partial charge is 0.367 e. The number of rotatable bonds is 6. The molecule has 1 saturated heterocycles. The van der Waals surface area contributed by atoms with Crippen LogP contribution in [0, 0.1) is 18.3 Å². The number of carbonyl (C=O) groups is 1. The van der Waals surface area contributed by atoms with Crippen molar-refractivity contribution in [3.8, 4) is 12.3 Å². The number of fused-ring (bicyclic) bond motifs is 1. The number of aromatic nitrogens is 3. The maximum atomic E-state index is 13.0. The molecule has 2 N–H and O–H groups in total.